The first-order valence-corrected chi connectivity index (χ1v) is 10.5. The lowest BCUT2D eigenvalue weighted by Gasteiger charge is -2.30. The molecule has 0 amide bonds. The number of carbonyl (C=O) groups is 1. The number of nitrogens with zero attached hydrogens (tertiary/aromatic N) is 3. The number of esters is 1. The minimum Gasteiger partial charge on any atom is -0.466 e. The van der Waals surface area contributed by atoms with Crippen LogP contribution in [0.5, 0.6) is 0 Å². The van der Waals surface area contributed by atoms with Crippen molar-refractivity contribution in [3.63, 3.8) is 0 Å². The fraction of sp³-hybridized carbons (Fsp3) is 0.350. The van der Waals surface area contributed by atoms with Crippen LogP contribution in [0.15, 0.2) is 47.5 Å². The number of benzene rings is 1. The summed E-state index contributed by atoms with van der Waals surface area (Å²) in [4.78, 5) is 16.3. The summed E-state index contributed by atoms with van der Waals surface area (Å²) in [6, 6.07) is 13.6. The van der Waals surface area contributed by atoms with E-state index in [2.05, 4.69) is 4.98 Å². The highest BCUT2D eigenvalue weighted by Crippen LogP contribution is 2.25. The zero-order valence-electron chi connectivity index (χ0n) is 15.5. The highest BCUT2D eigenvalue weighted by molar-refractivity contribution is 7.89. The van der Waals surface area contributed by atoms with Crippen molar-refractivity contribution >= 4 is 16.0 Å². The van der Waals surface area contributed by atoms with Crippen LogP contribution in [0.25, 0.3) is 11.3 Å². The second kappa shape index (κ2) is 8.50. The summed E-state index contributed by atoms with van der Waals surface area (Å²) in [5, 5.41) is 8.85. The van der Waals surface area contributed by atoms with E-state index in [0.717, 1.165) is 5.56 Å². The van der Waals surface area contributed by atoms with Crippen LogP contribution in [0.4, 0.5) is 0 Å². The fourth-order valence-corrected chi connectivity index (χ4v) is 4.65. The largest absolute Gasteiger partial charge is 0.466 e. The number of piperidine rings is 1. The average molecular weight is 399 g/mol. The second-order valence-electron chi connectivity index (χ2n) is 6.50. The lowest BCUT2D eigenvalue weighted by atomic mass is 10.0. The number of aromatic nitrogens is 1. The molecule has 146 valence electrons. The summed E-state index contributed by atoms with van der Waals surface area (Å²) in [7, 11) is -3.82. The number of carbonyl (C=O) groups excluding carboxylic acids is 1. The van der Waals surface area contributed by atoms with Crippen LogP contribution >= 0.6 is 0 Å². The maximum atomic E-state index is 13.1. The van der Waals surface area contributed by atoms with Gasteiger partial charge in [0.2, 0.25) is 0 Å². The second-order valence-corrected chi connectivity index (χ2v) is 8.39. The molecule has 3 rings (SSSR count). The Bertz CT molecular complexity index is 997. The van der Waals surface area contributed by atoms with E-state index in [-0.39, 0.29) is 24.1 Å². The van der Waals surface area contributed by atoms with Crippen molar-refractivity contribution in [2.45, 2.75) is 24.8 Å². The van der Waals surface area contributed by atoms with E-state index in [0.29, 0.717) is 30.6 Å². The topological polar surface area (TPSA) is 100 Å². The van der Waals surface area contributed by atoms with Crippen molar-refractivity contribution in [3.8, 4) is 17.3 Å². The van der Waals surface area contributed by atoms with Crippen LogP contribution in [0.1, 0.15) is 25.3 Å². The van der Waals surface area contributed by atoms with Crippen molar-refractivity contribution in [1.82, 2.24) is 9.29 Å². The molecule has 0 N–H and O–H groups in total. The Labute approximate surface area is 164 Å². The zero-order valence-corrected chi connectivity index (χ0v) is 16.4. The van der Waals surface area contributed by atoms with Gasteiger partial charge in [-0.2, -0.15) is 9.57 Å². The SMILES string of the molecule is CCOC(=O)C1CCCN(S(=O)(=O)c2cccc(-c3ccc(C#N)cc3)n2)C1. The van der Waals surface area contributed by atoms with Gasteiger partial charge in [-0.3, -0.25) is 4.79 Å². The first-order valence-electron chi connectivity index (χ1n) is 9.10. The molecule has 8 heteroatoms. The fourth-order valence-electron chi connectivity index (χ4n) is 3.18. The quantitative estimate of drug-likeness (QED) is 0.717. The molecule has 1 saturated heterocycles. The van der Waals surface area contributed by atoms with Crippen LogP contribution in [-0.4, -0.2) is 43.4 Å². The van der Waals surface area contributed by atoms with Gasteiger partial charge in [0, 0.05) is 18.7 Å². The Morgan fingerprint density at radius 3 is 2.71 bits per heavy atom. The van der Waals surface area contributed by atoms with Crippen molar-refractivity contribution in [1.29, 1.82) is 5.26 Å². The van der Waals surface area contributed by atoms with Gasteiger partial charge in [-0.05, 0) is 44.0 Å². The van der Waals surface area contributed by atoms with Crippen LogP contribution in [0.2, 0.25) is 0 Å². The monoisotopic (exact) mass is 399 g/mol. The molecule has 28 heavy (non-hydrogen) atoms. The van der Waals surface area contributed by atoms with Gasteiger partial charge in [-0.15, -0.1) is 0 Å². The van der Waals surface area contributed by atoms with Gasteiger partial charge in [0.05, 0.1) is 29.9 Å². The molecule has 1 aliphatic rings. The molecule has 1 fully saturated rings. The standard InChI is InChI=1S/C20H21N3O4S/c1-2-27-20(24)17-5-4-12-23(14-17)28(25,26)19-7-3-6-18(22-19)16-10-8-15(13-21)9-11-16/h3,6-11,17H,2,4-5,12,14H2,1H3. The Balaban J connectivity index is 1.85. The van der Waals surface area contributed by atoms with E-state index in [4.69, 9.17) is 10.00 Å². The van der Waals surface area contributed by atoms with Gasteiger partial charge in [0.1, 0.15) is 0 Å². The number of hydrogen-bond donors (Lipinski definition) is 0. The summed E-state index contributed by atoms with van der Waals surface area (Å²) in [6.45, 7) is 2.45. The number of ether oxygens (including phenoxy) is 1. The van der Waals surface area contributed by atoms with Crippen molar-refractivity contribution in [3.05, 3.63) is 48.0 Å². The van der Waals surface area contributed by atoms with Gasteiger partial charge in [-0.25, -0.2) is 13.4 Å². The molecular weight excluding hydrogens is 378 g/mol. The van der Waals surface area contributed by atoms with Crippen LogP contribution < -0.4 is 0 Å². The normalized spacial score (nSPS) is 17.6. The highest BCUT2D eigenvalue weighted by Gasteiger charge is 2.34. The summed E-state index contributed by atoms with van der Waals surface area (Å²) >= 11 is 0. The Hall–Kier alpha value is -2.76. The van der Waals surface area contributed by atoms with E-state index in [9.17, 15) is 13.2 Å². The first-order chi connectivity index (χ1) is 13.5. The molecule has 1 unspecified atom stereocenters. The zero-order chi connectivity index (χ0) is 20.1. The molecule has 1 aliphatic heterocycles. The third-order valence-corrected chi connectivity index (χ3v) is 6.41. The van der Waals surface area contributed by atoms with E-state index in [1.807, 2.05) is 6.07 Å². The Kier molecular flexibility index (Phi) is 6.07. The van der Waals surface area contributed by atoms with Gasteiger partial charge in [0.25, 0.3) is 10.0 Å². The van der Waals surface area contributed by atoms with Crippen LogP contribution in [0, 0.1) is 17.2 Å². The molecule has 7 nitrogen and oxygen atoms in total. The lowest BCUT2D eigenvalue weighted by Crippen LogP contribution is -2.43. The summed E-state index contributed by atoms with van der Waals surface area (Å²) in [5.74, 6) is -0.813. The molecule has 1 atom stereocenters. The predicted molar refractivity (Wildman–Crippen MR) is 103 cm³/mol. The first kappa shape index (κ1) is 20.0. The molecule has 0 bridgehead atoms. The molecule has 1 aromatic carbocycles. The summed E-state index contributed by atoms with van der Waals surface area (Å²) in [6.07, 6.45) is 1.21. The van der Waals surface area contributed by atoms with Crippen molar-refractivity contribution < 1.29 is 17.9 Å². The van der Waals surface area contributed by atoms with Gasteiger partial charge >= 0.3 is 5.97 Å². The molecule has 2 aromatic rings. The van der Waals surface area contributed by atoms with E-state index in [1.165, 1.54) is 10.4 Å². The maximum absolute atomic E-state index is 13.1. The van der Waals surface area contributed by atoms with Crippen LogP contribution in [-0.2, 0) is 19.6 Å². The Morgan fingerprint density at radius 2 is 2.04 bits per heavy atom. The summed E-state index contributed by atoms with van der Waals surface area (Å²) < 4.78 is 32.5. The van der Waals surface area contributed by atoms with E-state index in [1.54, 1.807) is 43.3 Å². The summed E-state index contributed by atoms with van der Waals surface area (Å²) in [5.41, 5.74) is 1.74. The van der Waals surface area contributed by atoms with Crippen molar-refractivity contribution in [2.75, 3.05) is 19.7 Å². The third kappa shape index (κ3) is 4.21. The predicted octanol–water partition coefficient (Wildman–Crippen LogP) is 2.58. The van der Waals surface area contributed by atoms with Gasteiger partial charge in [-0.1, -0.05) is 18.2 Å². The molecule has 0 aliphatic carbocycles. The lowest BCUT2D eigenvalue weighted by molar-refractivity contribution is -0.149. The van der Waals surface area contributed by atoms with Gasteiger partial charge in [0.15, 0.2) is 5.03 Å². The maximum Gasteiger partial charge on any atom is 0.310 e. The number of nitriles is 1. The third-order valence-electron chi connectivity index (χ3n) is 4.64. The minimum absolute atomic E-state index is 0.0566. The molecule has 1 aromatic heterocycles. The van der Waals surface area contributed by atoms with E-state index >= 15 is 0 Å². The molecule has 0 radical (unpaired) electrons. The number of hydrogen-bond acceptors (Lipinski definition) is 6. The molecule has 0 spiro atoms. The van der Waals surface area contributed by atoms with Crippen molar-refractivity contribution in [2.24, 2.45) is 5.92 Å². The smallest absolute Gasteiger partial charge is 0.310 e. The number of sulfonamides is 1. The molecule has 0 saturated carbocycles. The highest BCUT2D eigenvalue weighted by atomic mass is 32.2. The molecule has 2 heterocycles. The van der Waals surface area contributed by atoms with Gasteiger partial charge < -0.3 is 4.74 Å². The molecular formula is C20H21N3O4S. The van der Waals surface area contributed by atoms with E-state index < -0.39 is 15.9 Å². The average Bonchev–Trinajstić information content (AvgIpc) is 2.74. The number of rotatable bonds is 5. The van der Waals surface area contributed by atoms with Crippen LogP contribution in [0.3, 0.4) is 0 Å². The number of pyridine rings is 1. The Morgan fingerprint density at radius 1 is 1.29 bits per heavy atom. The minimum atomic E-state index is -3.82.